The first-order chi connectivity index (χ1) is 8.06. The highest BCUT2D eigenvalue weighted by molar-refractivity contribution is 5.82. The van der Waals surface area contributed by atoms with Gasteiger partial charge in [-0.05, 0) is 26.3 Å². The molecule has 1 aliphatic heterocycles. The number of hydrogen-bond donors (Lipinski definition) is 2. The number of amides is 1. The second-order valence-corrected chi connectivity index (χ2v) is 4.62. The monoisotopic (exact) mass is 242 g/mol. The lowest BCUT2D eigenvalue weighted by Gasteiger charge is -2.30. The van der Waals surface area contributed by atoms with Crippen molar-refractivity contribution < 1.29 is 14.7 Å². The quantitative estimate of drug-likeness (QED) is 0.744. The molecular weight excluding hydrogens is 220 g/mol. The molecule has 0 radical (unpaired) electrons. The van der Waals surface area contributed by atoms with Crippen molar-refractivity contribution in [3.63, 3.8) is 0 Å². The molecule has 1 fully saturated rings. The maximum atomic E-state index is 12.2. The predicted octanol–water partition coefficient (Wildman–Crippen LogP) is 0.698. The highest BCUT2D eigenvalue weighted by Crippen LogP contribution is 2.11. The van der Waals surface area contributed by atoms with E-state index in [9.17, 15) is 9.59 Å². The van der Waals surface area contributed by atoms with E-state index < -0.39 is 11.9 Å². The summed E-state index contributed by atoms with van der Waals surface area (Å²) in [5.74, 6) is -1.32. The molecule has 0 aliphatic carbocycles. The van der Waals surface area contributed by atoms with E-state index in [1.165, 1.54) is 0 Å². The maximum absolute atomic E-state index is 12.2. The molecule has 1 rings (SSSR count). The number of aliphatic carboxylic acids is 1. The van der Waals surface area contributed by atoms with Gasteiger partial charge in [0.1, 0.15) is 0 Å². The SMILES string of the molecule is CCN(CC(C)C(=O)O)C(=O)[C@@H]1CCCCN1. The van der Waals surface area contributed by atoms with Crippen molar-refractivity contribution in [3.05, 3.63) is 0 Å². The summed E-state index contributed by atoms with van der Waals surface area (Å²) in [7, 11) is 0. The molecule has 0 aromatic heterocycles. The van der Waals surface area contributed by atoms with Crippen LogP contribution in [-0.4, -0.2) is 47.6 Å². The number of piperidine rings is 1. The van der Waals surface area contributed by atoms with E-state index in [-0.39, 0.29) is 11.9 Å². The summed E-state index contributed by atoms with van der Waals surface area (Å²) in [6.07, 6.45) is 3.04. The van der Waals surface area contributed by atoms with Gasteiger partial charge in [-0.3, -0.25) is 9.59 Å². The number of carboxylic acids is 1. The summed E-state index contributed by atoms with van der Waals surface area (Å²) in [6.45, 7) is 5.25. The van der Waals surface area contributed by atoms with Crippen LogP contribution in [0.3, 0.4) is 0 Å². The molecule has 1 heterocycles. The zero-order valence-electron chi connectivity index (χ0n) is 10.6. The van der Waals surface area contributed by atoms with Gasteiger partial charge < -0.3 is 15.3 Å². The molecule has 98 valence electrons. The third kappa shape index (κ3) is 4.00. The molecule has 0 bridgehead atoms. The number of carbonyl (C=O) groups is 2. The lowest BCUT2D eigenvalue weighted by molar-refractivity contribution is -0.143. The van der Waals surface area contributed by atoms with Crippen molar-refractivity contribution in [3.8, 4) is 0 Å². The van der Waals surface area contributed by atoms with Crippen LogP contribution in [-0.2, 0) is 9.59 Å². The van der Waals surface area contributed by atoms with Gasteiger partial charge in [0.25, 0.3) is 0 Å². The van der Waals surface area contributed by atoms with Crippen LogP contribution < -0.4 is 5.32 Å². The van der Waals surface area contributed by atoms with Crippen molar-refractivity contribution in [2.75, 3.05) is 19.6 Å². The molecule has 5 heteroatoms. The predicted molar refractivity (Wildman–Crippen MR) is 64.7 cm³/mol. The Morgan fingerprint density at radius 2 is 2.18 bits per heavy atom. The van der Waals surface area contributed by atoms with E-state index in [4.69, 9.17) is 5.11 Å². The third-order valence-corrected chi connectivity index (χ3v) is 3.22. The lowest BCUT2D eigenvalue weighted by Crippen LogP contribution is -2.50. The molecule has 2 atom stereocenters. The highest BCUT2D eigenvalue weighted by Gasteiger charge is 2.26. The minimum Gasteiger partial charge on any atom is -0.481 e. The second kappa shape index (κ2) is 6.59. The fourth-order valence-electron chi connectivity index (χ4n) is 2.07. The summed E-state index contributed by atoms with van der Waals surface area (Å²) in [5.41, 5.74) is 0. The van der Waals surface area contributed by atoms with Gasteiger partial charge in [0, 0.05) is 13.1 Å². The summed E-state index contributed by atoms with van der Waals surface area (Å²) in [5, 5.41) is 12.1. The summed E-state index contributed by atoms with van der Waals surface area (Å²) in [6, 6.07) is -0.121. The molecule has 0 aromatic rings. The average Bonchev–Trinajstić information content (AvgIpc) is 2.35. The van der Waals surface area contributed by atoms with Gasteiger partial charge >= 0.3 is 5.97 Å². The Morgan fingerprint density at radius 1 is 1.47 bits per heavy atom. The topological polar surface area (TPSA) is 69.6 Å². The van der Waals surface area contributed by atoms with Crippen molar-refractivity contribution in [2.45, 2.75) is 39.2 Å². The minimum atomic E-state index is -0.854. The first-order valence-electron chi connectivity index (χ1n) is 6.31. The summed E-state index contributed by atoms with van der Waals surface area (Å²) < 4.78 is 0. The molecule has 2 N–H and O–H groups in total. The highest BCUT2D eigenvalue weighted by atomic mass is 16.4. The van der Waals surface area contributed by atoms with Crippen LogP contribution in [0.5, 0.6) is 0 Å². The molecule has 1 saturated heterocycles. The summed E-state index contributed by atoms with van der Waals surface area (Å²) in [4.78, 5) is 24.6. The first kappa shape index (κ1) is 14.0. The minimum absolute atomic E-state index is 0.0419. The Hall–Kier alpha value is -1.10. The van der Waals surface area contributed by atoms with Gasteiger partial charge in [0.05, 0.1) is 12.0 Å². The molecular formula is C12H22N2O3. The summed E-state index contributed by atoms with van der Waals surface area (Å²) >= 11 is 0. The lowest BCUT2D eigenvalue weighted by atomic mass is 10.0. The number of rotatable bonds is 5. The Labute approximate surface area is 102 Å². The number of carbonyl (C=O) groups excluding carboxylic acids is 1. The number of nitrogens with one attached hydrogen (secondary N) is 1. The van der Waals surface area contributed by atoms with Crippen LogP contribution in [0.2, 0.25) is 0 Å². The van der Waals surface area contributed by atoms with E-state index in [2.05, 4.69) is 5.32 Å². The number of carboxylic acid groups (broad SMARTS) is 1. The van der Waals surface area contributed by atoms with Crippen molar-refractivity contribution in [2.24, 2.45) is 5.92 Å². The Balaban J connectivity index is 2.53. The molecule has 0 spiro atoms. The van der Waals surface area contributed by atoms with Crippen molar-refractivity contribution >= 4 is 11.9 Å². The molecule has 0 aromatic carbocycles. The number of nitrogens with zero attached hydrogens (tertiary/aromatic N) is 1. The van der Waals surface area contributed by atoms with Gasteiger partial charge in [-0.15, -0.1) is 0 Å². The molecule has 17 heavy (non-hydrogen) atoms. The average molecular weight is 242 g/mol. The molecule has 5 nitrogen and oxygen atoms in total. The van der Waals surface area contributed by atoms with Crippen molar-refractivity contribution in [1.82, 2.24) is 10.2 Å². The van der Waals surface area contributed by atoms with E-state index in [0.29, 0.717) is 13.1 Å². The second-order valence-electron chi connectivity index (χ2n) is 4.62. The van der Waals surface area contributed by atoms with Gasteiger partial charge in [0.15, 0.2) is 0 Å². The van der Waals surface area contributed by atoms with Crippen LogP contribution in [0.25, 0.3) is 0 Å². The molecule has 1 aliphatic rings. The van der Waals surface area contributed by atoms with E-state index in [1.54, 1.807) is 11.8 Å². The van der Waals surface area contributed by atoms with Crippen molar-refractivity contribution in [1.29, 1.82) is 0 Å². The Kier molecular flexibility index (Phi) is 5.41. The normalized spacial score (nSPS) is 21.9. The zero-order valence-corrected chi connectivity index (χ0v) is 10.6. The largest absolute Gasteiger partial charge is 0.481 e. The van der Waals surface area contributed by atoms with Gasteiger partial charge in [-0.25, -0.2) is 0 Å². The van der Waals surface area contributed by atoms with Gasteiger partial charge in [0.2, 0.25) is 5.91 Å². The van der Waals surface area contributed by atoms with E-state index in [0.717, 1.165) is 25.8 Å². The van der Waals surface area contributed by atoms with Crippen LogP contribution in [0, 0.1) is 5.92 Å². The molecule has 1 amide bonds. The smallest absolute Gasteiger partial charge is 0.308 e. The van der Waals surface area contributed by atoms with Crippen LogP contribution in [0.15, 0.2) is 0 Å². The van der Waals surface area contributed by atoms with E-state index in [1.807, 2.05) is 6.92 Å². The first-order valence-corrected chi connectivity index (χ1v) is 6.31. The fraction of sp³-hybridized carbons (Fsp3) is 0.833. The molecule has 1 unspecified atom stereocenters. The fourth-order valence-corrected chi connectivity index (χ4v) is 2.07. The van der Waals surface area contributed by atoms with Gasteiger partial charge in [-0.1, -0.05) is 13.3 Å². The standard InChI is InChI=1S/C12H22N2O3/c1-3-14(8-9(2)12(16)17)11(15)10-6-4-5-7-13-10/h9-10,13H,3-8H2,1-2H3,(H,16,17)/t9?,10-/m0/s1. The van der Waals surface area contributed by atoms with Crippen LogP contribution >= 0.6 is 0 Å². The van der Waals surface area contributed by atoms with Crippen LogP contribution in [0.1, 0.15) is 33.1 Å². The van der Waals surface area contributed by atoms with E-state index >= 15 is 0 Å². The third-order valence-electron chi connectivity index (χ3n) is 3.22. The number of likely N-dealkylation sites (N-methyl/N-ethyl adjacent to an activating group) is 1. The maximum Gasteiger partial charge on any atom is 0.308 e. The van der Waals surface area contributed by atoms with Gasteiger partial charge in [-0.2, -0.15) is 0 Å². The Morgan fingerprint density at radius 3 is 2.65 bits per heavy atom. The molecule has 0 saturated carbocycles. The zero-order chi connectivity index (χ0) is 12.8. The number of hydrogen-bond acceptors (Lipinski definition) is 3. The van der Waals surface area contributed by atoms with Crippen LogP contribution in [0.4, 0.5) is 0 Å². The Bertz CT molecular complexity index is 275.